The Morgan fingerprint density at radius 3 is 2.12 bits per heavy atom. The second-order valence-corrected chi connectivity index (χ2v) is 6.68. The average molecular weight is 439 g/mol. The van der Waals surface area contributed by atoms with Crippen molar-refractivity contribution in [2.75, 3.05) is 21.3 Å². The van der Waals surface area contributed by atoms with Gasteiger partial charge in [-0.05, 0) is 52.3 Å². The van der Waals surface area contributed by atoms with E-state index in [0.29, 0.717) is 23.6 Å². The lowest BCUT2D eigenvalue weighted by atomic mass is 10.1. The van der Waals surface area contributed by atoms with Crippen molar-refractivity contribution >= 4 is 28.5 Å². The van der Waals surface area contributed by atoms with Gasteiger partial charge in [-0.3, -0.25) is 4.79 Å². The van der Waals surface area contributed by atoms with Gasteiger partial charge in [-0.15, -0.1) is 0 Å². The number of halogens is 1. The highest BCUT2D eigenvalue weighted by Gasteiger charge is 2.19. The second-order valence-electron chi connectivity index (χ2n) is 5.52. The quantitative estimate of drug-likeness (QED) is 0.636. The van der Waals surface area contributed by atoms with Crippen LogP contribution in [0, 0.1) is 3.57 Å². The van der Waals surface area contributed by atoms with Gasteiger partial charge in [0.05, 0.1) is 19.8 Å². The van der Waals surface area contributed by atoms with E-state index >= 15 is 0 Å². The summed E-state index contributed by atoms with van der Waals surface area (Å²) in [5.41, 5.74) is 3.02. The van der Waals surface area contributed by atoms with Crippen LogP contribution >= 0.6 is 22.6 Å². The zero-order chi connectivity index (χ0) is 17.7. The lowest BCUT2D eigenvalue weighted by Gasteiger charge is -2.19. The third kappa shape index (κ3) is 4.20. The maximum Gasteiger partial charge on any atom is 0.255 e. The molecule has 4 nitrogen and oxygen atoms in total. The predicted octanol–water partition coefficient (Wildman–Crippen LogP) is 4.14. The van der Waals surface area contributed by atoms with E-state index in [2.05, 4.69) is 53.8 Å². The summed E-state index contributed by atoms with van der Waals surface area (Å²) in [6.07, 6.45) is 1.01. The van der Waals surface area contributed by atoms with E-state index in [1.54, 1.807) is 25.2 Å². The van der Waals surface area contributed by atoms with Crippen LogP contribution in [-0.2, 0) is 13.0 Å². The van der Waals surface area contributed by atoms with Crippen molar-refractivity contribution in [2.45, 2.75) is 19.9 Å². The predicted molar refractivity (Wildman–Crippen MR) is 104 cm³/mol. The highest BCUT2D eigenvalue weighted by molar-refractivity contribution is 14.1. The summed E-state index contributed by atoms with van der Waals surface area (Å²) in [6, 6.07) is 11.9. The second kappa shape index (κ2) is 8.37. The van der Waals surface area contributed by atoms with Gasteiger partial charge in [0.2, 0.25) is 0 Å². The van der Waals surface area contributed by atoms with Crippen LogP contribution in [0.25, 0.3) is 0 Å². The Bertz CT molecular complexity index is 713. The first-order valence-corrected chi connectivity index (χ1v) is 8.82. The molecule has 0 fully saturated rings. The molecular weight excluding hydrogens is 417 g/mol. The van der Waals surface area contributed by atoms with Crippen LogP contribution in [0.3, 0.4) is 0 Å². The minimum Gasteiger partial charge on any atom is -0.493 e. The Labute approximate surface area is 156 Å². The molecule has 0 bridgehead atoms. The molecule has 0 N–H and O–H groups in total. The monoisotopic (exact) mass is 439 g/mol. The van der Waals surface area contributed by atoms with Crippen molar-refractivity contribution in [3.8, 4) is 11.5 Å². The molecule has 0 radical (unpaired) electrons. The summed E-state index contributed by atoms with van der Waals surface area (Å²) in [6.45, 7) is 2.69. The van der Waals surface area contributed by atoms with Crippen LogP contribution in [0.15, 0.2) is 36.4 Å². The molecule has 0 saturated carbocycles. The van der Waals surface area contributed by atoms with E-state index in [0.717, 1.165) is 15.6 Å². The number of hydrogen-bond donors (Lipinski definition) is 0. The summed E-state index contributed by atoms with van der Waals surface area (Å²) < 4.78 is 11.4. The number of hydrogen-bond acceptors (Lipinski definition) is 3. The van der Waals surface area contributed by atoms with Gasteiger partial charge < -0.3 is 14.4 Å². The molecule has 0 aromatic heterocycles. The van der Waals surface area contributed by atoms with Crippen LogP contribution in [0.4, 0.5) is 0 Å². The number of rotatable bonds is 6. The van der Waals surface area contributed by atoms with Gasteiger partial charge in [-0.2, -0.15) is 0 Å². The van der Waals surface area contributed by atoms with Crippen LogP contribution in [0.2, 0.25) is 0 Å². The molecule has 2 aromatic rings. The maximum atomic E-state index is 12.8. The van der Waals surface area contributed by atoms with Crippen molar-refractivity contribution < 1.29 is 14.3 Å². The molecule has 1 amide bonds. The van der Waals surface area contributed by atoms with Crippen LogP contribution in [0.1, 0.15) is 28.4 Å². The van der Waals surface area contributed by atoms with Crippen molar-refractivity contribution in [1.29, 1.82) is 0 Å². The van der Waals surface area contributed by atoms with E-state index < -0.39 is 0 Å². The first-order valence-electron chi connectivity index (χ1n) is 7.75. The number of carbonyl (C=O) groups is 1. The Hall–Kier alpha value is -1.76. The van der Waals surface area contributed by atoms with Gasteiger partial charge in [-0.1, -0.05) is 31.2 Å². The molecule has 0 unspecified atom stereocenters. The van der Waals surface area contributed by atoms with Gasteiger partial charge >= 0.3 is 0 Å². The highest BCUT2D eigenvalue weighted by Crippen LogP contribution is 2.32. The molecule has 24 heavy (non-hydrogen) atoms. The fourth-order valence-corrected chi connectivity index (χ4v) is 3.12. The van der Waals surface area contributed by atoms with E-state index in [1.807, 2.05) is 13.1 Å². The topological polar surface area (TPSA) is 38.8 Å². The molecule has 0 aliphatic rings. The zero-order valence-electron chi connectivity index (χ0n) is 14.4. The third-order valence-corrected chi connectivity index (χ3v) is 4.79. The minimum absolute atomic E-state index is 0.0417. The van der Waals surface area contributed by atoms with Crippen molar-refractivity contribution in [3.63, 3.8) is 0 Å². The molecule has 2 rings (SSSR count). The highest BCUT2D eigenvalue weighted by atomic mass is 127. The minimum atomic E-state index is -0.0417. The van der Waals surface area contributed by atoms with Crippen LogP contribution in [-0.4, -0.2) is 32.1 Å². The van der Waals surface area contributed by atoms with Crippen molar-refractivity contribution in [1.82, 2.24) is 4.90 Å². The van der Waals surface area contributed by atoms with Gasteiger partial charge in [0.1, 0.15) is 0 Å². The summed E-state index contributed by atoms with van der Waals surface area (Å²) in [5.74, 6) is 1.14. The number of amides is 1. The number of ether oxygens (including phenoxy) is 2. The van der Waals surface area contributed by atoms with Crippen molar-refractivity contribution in [2.24, 2.45) is 0 Å². The van der Waals surface area contributed by atoms with E-state index in [-0.39, 0.29) is 5.91 Å². The fraction of sp³-hybridized carbons (Fsp3) is 0.316. The first kappa shape index (κ1) is 18.6. The number of methoxy groups -OCH3 is 2. The lowest BCUT2D eigenvalue weighted by molar-refractivity contribution is 0.0783. The SMILES string of the molecule is CCc1ccc(CN(C)C(=O)c2cc(OC)c(OC)cc2I)cc1. The smallest absolute Gasteiger partial charge is 0.255 e. The normalized spacial score (nSPS) is 10.4. The van der Waals surface area contributed by atoms with Gasteiger partial charge in [-0.25, -0.2) is 0 Å². The summed E-state index contributed by atoms with van der Waals surface area (Å²) in [7, 11) is 4.96. The van der Waals surface area contributed by atoms with Crippen LogP contribution < -0.4 is 9.47 Å². The molecular formula is C19H22INO3. The summed E-state index contributed by atoms with van der Waals surface area (Å²) >= 11 is 2.15. The molecule has 128 valence electrons. The molecule has 0 heterocycles. The number of nitrogens with zero attached hydrogens (tertiary/aromatic N) is 1. The lowest BCUT2D eigenvalue weighted by Crippen LogP contribution is -2.27. The van der Waals surface area contributed by atoms with Crippen molar-refractivity contribution in [3.05, 3.63) is 56.7 Å². The van der Waals surface area contributed by atoms with Gasteiger partial charge in [0, 0.05) is 17.2 Å². The molecule has 5 heteroatoms. The average Bonchev–Trinajstić information content (AvgIpc) is 2.61. The Balaban J connectivity index is 2.20. The number of aryl methyl sites for hydroxylation is 1. The molecule has 2 aromatic carbocycles. The van der Waals surface area contributed by atoms with E-state index in [1.165, 1.54) is 5.56 Å². The van der Waals surface area contributed by atoms with Gasteiger partial charge in [0.25, 0.3) is 5.91 Å². The largest absolute Gasteiger partial charge is 0.493 e. The zero-order valence-corrected chi connectivity index (χ0v) is 16.6. The molecule has 0 atom stereocenters. The first-order chi connectivity index (χ1) is 11.5. The van der Waals surface area contributed by atoms with Crippen LogP contribution in [0.5, 0.6) is 11.5 Å². The van der Waals surface area contributed by atoms with E-state index in [4.69, 9.17) is 9.47 Å². The fourth-order valence-electron chi connectivity index (χ4n) is 2.45. The maximum absolute atomic E-state index is 12.8. The van der Waals surface area contributed by atoms with E-state index in [9.17, 15) is 4.79 Å². The molecule has 0 spiro atoms. The van der Waals surface area contributed by atoms with Gasteiger partial charge in [0.15, 0.2) is 11.5 Å². The summed E-state index contributed by atoms with van der Waals surface area (Å²) in [5, 5.41) is 0. The summed E-state index contributed by atoms with van der Waals surface area (Å²) in [4.78, 5) is 14.5. The number of carbonyl (C=O) groups excluding carboxylic acids is 1. The molecule has 0 aliphatic heterocycles. The molecule has 0 saturated heterocycles. The Morgan fingerprint density at radius 1 is 1.04 bits per heavy atom. The standard InChI is InChI=1S/C19H22INO3/c1-5-13-6-8-14(9-7-13)12-21(2)19(22)15-10-17(23-3)18(24-4)11-16(15)20/h6-11H,5,12H2,1-4H3. The Morgan fingerprint density at radius 2 is 1.58 bits per heavy atom. The third-order valence-electron chi connectivity index (χ3n) is 3.90. The number of benzene rings is 2. The Kier molecular flexibility index (Phi) is 6.48. The molecule has 0 aliphatic carbocycles.